The predicted molar refractivity (Wildman–Crippen MR) is 221 cm³/mol. The largest absolute Gasteiger partial charge is 0.456 e. The van der Waals surface area contributed by atoms with Gasteiger partial charge in [-0.05, 0) is 113 Å². The van der Waals surface area contributed by atoms with E-state index in [0.29, 0.717) is 21.9 Å². The van der Waals surface area contributed by atoms with Crippen molar-refractivity contribution in [1.29, 1.82) is 0 Å². The molecule has 7 aromatic carbocycles. The van der Waals surface area contributed by atoms with Gasteiger partial charge < -0.3 is 14.2 Å². The predicted octanol–water partition coefficient (Wildman–Crippen LogP) is 13.5. The van der Waals surface area contributed by atoms with Crippen molar-refractivity contribution in [3.05, 3.63) is 178 Å². The van der Waals surface area contributed by atoms with Gasteiger partial charge in [-0.25, -0.2) is 0 Å². The molecule has 0 saturated heterocycles. The van der Waals surface area contributed by atoms with Crippen LogP contribution in [0.4, 0.5) is 34.1 Å². The Bertz CT molecular complexity index is 2740. The van der Waals surface area contributed by atoms with E-state index in [-0.39, 0.29) is 5.43 Å². The summed E-state index contributed by atoms with van der Waals surface area (Å²) in [6.07, 6.45) is 0. The van der Waals surface area contributed by atoms with Gasteiger partial charge in [0.05, 0.1) is 21.2 Å². The lowest BCUT2D eigenvalue weighted by Crippen LogP contribution is -2.13. The zero-order chi connectivity index (χ0) is 35.5. The molecular weight excluding hydrogens is 657 g/mol. The Balaban J connectivity index is 1.40. The van der Waals surface area contributed by atoms with Crippen molar-refractivity contribution in [2.75, 3.05) is 9.80 Å². The molecule has 0 aliphatic heterocycles. The first-order valence-corrected chi connectivity index (χ1v) is 18.4. The number of thiophene rings is 1. The summed E-state index contributed by atoms with van der Waals surface area (Å²) in [5, 5.41) is 3.33. The topological polar surface area (TPSA) is 36.7 Å². The molecule has 0 atom stereocenters. The minimum atomic E-state index is -0.0111. The molecule has 0 aliphatic rings. The number of hydrogen-bond donors (Lipinski definition) is 0. The molecule has 9 rings (SSSR count). The van der Waals surface area contributed by atoms with E-state index < -0.39 is 0 Å². The summed E-state index contributed by atoms with van der Waals surface area (Å²) in [6.45, 7) is 8.48. The standard InChI is InChI=1S/C47H36N2O2S/c1-29-9-17-33(18-10-29)48(34-19-11-30(2)12-20-34)37-25-40-39-27-44-41(46(50)38-7-5-6-8-43(38)51-44)28-45(39)52-47(40)42(26-37)49(35-21-13-31(3)14-22-35)36-23-15-32(4)16-24-36/h5-28H,1-4H3. The van der Waals surface area contributed by atoms with Crippen molar-refractivity contribution in [1.82, 2.24) is 0 Å². The summed E-state index contributed by atoms with van der Waals surface area (Å²) in [6, 6.07) is 51.1. The number of benzene rings is 7. The van der Waals surface area contributed by atoms with Gasteiger partial charge in [-0.15, -0.1) is 11.3 Å². The number of hydrogen-bond acceptors (Lipinski definition) is 5. The van der Waals surface area contributed by atoms with Gasteiger partial charge in [0.1, 0.15) is 11.2 Å². The van der Waals surface area contributed by atoms with Crippen molar-refractivity contribution in [2.45, 2.75) is 27.7 Å². The first kappa shape index (κ1) is 31.8. The van der Waals surface area contributed by atoms with Crippen LogP contribution < -0.4 is 15.2 Å². The van der Waals surface area contributed by atoms with E-state index in [2.05, 4.69) is 153 Å². The van der Waals surface area contributed by atoms with E-state index in [1.54, 1.807) is 11.3 Å². The highest BCUT2D eigenvalue weighted by Crippen LogP contribution is 2.49. The van der Waals surface area contributed by atoms with Gasteiger partial charge >= 0.3 is 0 Å². The van der Waals surface area contributed by atoms with Gasteiger partial charge in [-0.2, -0.15) is 0 Å². The zero-order valence-corrected chi connectivity index (χ0v) is 30.3. The smallest absolute Gasteiger partial charge is 0.200 e. The zero-order valence-electron chi connectivity index (χ0n) is 29.5. The second kappa shape index (κ2) is 12.6. The van der Waals surface area contributed by atoms with Crippen LogP contribution in [0.5, 0.6) is 0 Å². The Labute approximate surface area is 306 Å². The SMILES string of the molecule is Cc1ccc(N(c2ccc(C)cc2)c2cc(N(c3ccc(C)cc3)c3ccc(C)cc3)c3sc4cc5c(=O)c6ccccc6oc5cc4c3c2)cc1. The van der Waals surface area contributed by atoms with Crippen molar-refractivity contribution >= 4 is 87.6 Å². The average molecular weight is 693 g/mol. The van der Waals surface area contributed by atoms with Crippen molar-refractivity contribution in [3.8, 4) is 0 Å². The Morgan fingerprint density at radius 1 is 0.442 bits per heavy atom. The first-order chi connectivity index (χ1) is 25.3. The minimum Gasteiger partial charge on any atom is -0.456 e. The second-order valence-corrected chi connectivity index (χ2v) is 14.8. The maximum atomic E-state index is 13.8. The van der Waals surface area contributed by atoms with Gasteiger partial charge in [0.2, 0.25) is 5.43 Å². The molecule has 0 saturated carbocycles. The molecule has 0 radical (unpaired) electrons. The molecule has 0 aliphatic carbocycles. The van der Waals surface area contributed by atoms with Crippen molar-refractivity contribution in [3.63, 3.8) is 0 Å². The highest BCUT2D eigenvalue weighted by molar-refractivity contribution is 7.26. The number of para-hydroxylation sites is 1. The van der Waals surface area contributed by atoms with Gasteiger partial charge in [0, 0.05) is 43.9 Å². The molecule has 0 unspecified atom stereocenters. The lowest BCUT2D eigenvalue weighted by atomic mass is 10.0. The molecule has 0 bridgehead atoms. The molecule has 252 valence electrons. The molecule has 2 heterocycles. The van der Waals surface area contributed by atoms with Crippen LogP contribution in [0.1, 0.15) is 22.3 Å². The lowest BCUT2D eigenvalue weighted by molar-refractivity contribution is 0.660. The fourth-order valence-electron chi connectivity index (χ4n) is 7.08. The molecular formula is C47H36N2O2S. The maximum absolute atomic E-state index is 13.8. The fourth-order valence-corrected chi connectivity index (χ4v) is 8.29. The highest BCUT2D eigenvalue weighted by atomic mass is 32.1. The van der Waals surface area contributed by atoms with Crippen molar-refractivity contribution in [2.24, 2.45) is 0 Å². The third-order valence-corrected chi connectivity index (χ3v) is 11.1. The maximum Gasteiger partial charge on any atom is 0.200 e. The van der Waals surface area contributed by atoms with E-state index in [1.165, 1.54) is 22.3 Å². The summed E-state index contributed by atoms with van der Waals surface area (Å²) in [5.41, 5.74) is 12.3. The minimum absolute atomic E-state index is 0.0111. The summed E-state index contributed by atoms with van der Waals surface area (Å²) >= 11 is 1.72. The molecule has 4 nitrogen and oxygen atoms in total. The lowest BCUT2D eigenvalue weighted by Gasteiger charge is -2.30. The quantitative estimate of drug-likeness (QED) is 0.163. The highest BCUT2D eigenvalue weighted by Gasteiger charge is 2.23. The molecule has 2 aromatic heterocycles. The second-order valence-electron chi connectivity index (χ2n) is 13.7. The Morgan fingerprint density at radius 3 is 1.48 bits per heavy atom. The molecule has 9 aromatic rings. The summed E-state index contributed by atoms with van der Waals surface area (Å²) in [4.78, 5) is 18.5. The number of nitrogens with zero attached hydrogens (tertiary/aromatic N) is 2. The van der Waals surface area contributed by atoms with Crippen LogP contribution in [-0.2, 0) is 0 Å². The fraction of sp³-hybridized carbons (Fsp3) is 0.0851. The van der Waals surface area contributed by atoms with Gasteiger partial charge in [-0.3, -0.25) is 4.79 Å². The third kappa shape index (κ3) is 5.51. The van der Waals surface area contributed by atoms with E-state index in [9.17, 15) is 4.79 Å². The van der Waals surface area contributed by atoms with Gasteiger partial charge in [0.25, 0.3) is 0 Å². The first-order valence-electron chi connectivity index (χ1n) is 17.5. The Morgan fingerprint density at radius 2 is 0.942 bits per heavy atom. The molecule has 0 amide bonds. The summed E-state index contributed by atoms with van der Waals surface area (Å²) in [5.74, 6) is 0. The normalized spacial score (nSPS) is 11.5. The molecule has 0 N–H and O–H groups in total. The van der Waals surface area contributed by atoms with Crippen LogP contribution in [0.15, 0.2) is 155 Å². The number of fused-ring (bicyclic) bond motifs is 5. The molecule has 52 heavy (non-hydrogen) atoms. The van der Waals surface area contributed by atoms with Crippen LogP contribution in [0.25, 0.3) is 42.1 Å². The summed E-state index contributed by atoms with van der Waals surface area (Å²) < 4.78 is 8.58. The van der Waals surface area contributed by atoms with E-state index in [4.69, 9.17) is 4.42 Å². The number of aryl methyl sites for hydroxylation is 4. The molecule has 5 heteroatoms. The Hall–Kier alpha value is -6.17. The number of anilines is 6. The van der Waals surface area contributed by atoms with Crippen LogP contribution in [0.2, 0.25) is 0 Å². The number of rotatable bonds is 6. The van der Waals surface area contributed by atoms with Gasteiger partial charge in [-0.1, -0.05) is 82.9 Å². The summed E-state index contributed by atoms with van der Waals surface area (Å²) in [7, 11) is 0. The van der Waals surface area contributed by atoms with Crippen LogP contribution in [0, 0.1) is 27.7 Å². The van der Waals surface area contributed by atoms with Crippen LogP contribution in [0.3, 0.4) is 0 Å². The molecule has 0 fully saturated rings. The van der Waals surface area contributed by atoms with Crippen molar-refractivity contribution < 1.29 is 4.42 Å². The van der Waals surface area contributed by atoms with E-state index >= 15 is 0 Å². The van der Waals surface area contributed by atoms with E-state index in [1.807, 2.05) is 30.3 Å². The Kier molecular flexibility index (Phi) is 7.67. The molecule has 0 spiro atoms. The third-order valence-electron chi connectivity index (χ3n) is 9.90. The van der Waals surface area contributed by atoms with E-state index in [0.717, 1.165) is 54.3 Å². The monoisotopic (exact) mass is 692 g/mol. The van der Waals surface area contributed by atoms with Gasteiger partial charge in [0.15, 0.2) is 0 Å². The van der Waals surface area contributed by atoms with Crippen LogP contribution >= 0.6 is 11.3 Å². The van der Waals surface area contributed by atoms with Crippen LogP contribution in [-0.4, -0.2) is 0 Å². The average Bonchev–Trinajstić information content (AvgIpc) is 3.52.